The van der Waals surface area contributed by atoms with Crippen LogP contribution in [-0.4, -0.2) is 50.6 Å². The number of rotatable bonds is 7. The summed E-state index contributed by atoms with van der Waals surface area (Å²) in [5.41, 5.74) is 0.796. The van der Waals surface area contributed by atoms with E-state index in [4.69, 9.17) is 25.8 Å². The summed E-state index contributed by atoms with van der Waals surface area (Å²) in [6.45, 7) is 0.0658. The number of ether oxygens (including phenoxy) is 3. The van der Waals surface area contributed by atoms with Crippen molar-refractivity contribution >= 4 is 33.5 Å². The molecule has 0 bridgehead atoms. The van der Waals surface area contributed by atoms with Gasteiger partial charge >= 0.3 is 5.97 Å². The molecule has 9 nitrogen and oxygen atoms in total. The van der Waals surface area contributed by atoms with Crippen molar-refractivity contribution in [2.24, 2.45) is 0 Å². The molecule has 0 aliphatic carbocycles. The SMILES string of the molecule is O=C(COC(=O)[C@@H]1CCCN1S(=O)(=O)c1ccc(Cl)cc1)NCc1ccc2c(c1)OCO2. The molecule has 32 heavy (non-hydrogen) atoms. The van der Waals surface area contributed by atoms with Crippen LogP contribution in [0.15, 0.2) is 47.4 Å². The standard InChI is InChI=1S/C21H21ClN2O7S/c22-15-4-6-16(7-5-15)32(27,28)24-9-1-2-17(24)21(26)29-12-20(25)23-11-14-3-8-18-19(10-14)31-13-30-18/h3-8,10,17H,1-2,9,11-13H2,(H,23,25)/t17-/m0/s1. The van der Waals surface area contributed by atoms with Gasteiger partial charge in [-0.2, -0.15) is 4.31 Å². The lowest BCUT2D eigenvalue weighted by Crippen LogP contribution is -2.42. The minimum Gasteiger partial charge on any atom is -0.454 e. The Morgan fingerprint density at radius 2 is 1.88 bits per heavy atom. The Labute approximate surface area is 190 Å². The maximum Gasteiger partial charge on any atom is 0.324 e. The molecule has 1 N–H and O–H groups in total. The average molecular weight is 481 g/mol. The fourth-order valence-electron chi connectivity index (χ4n) is 3.54. The zero-order valence-electron chi connectivity index (χ0n) is 17.0. The number of benzene rings is 2. The van der Waals surface area contributed by atoms with Crippen LogP contribution < -0.4 is 14.8 Å². The number of carbonyl (C=O) groups is 2. The third kappa shape index (κ3) is 4.82. The summed E-state index contributed by atoms with van der Waals surface area (Å²) in [5.74, 6) is -0.00512. The highest BCUT2D eigenvalue weighted by Crippen LogP contribution is 2.32. The number of hydrogen-bond donors (Lipinski definition) is 1. The largest absolute Gasteiger partial charge is 0.454 e. The van der Waals surface area contributed by atoms with E-state index in [1.54, 1.807) is 18.2 Å². The van der Waals surface area contributed by atoms with Gasteiger partial charge in [-0.3, -0.25) is 9.59 Å². The van der Waals surface area contributed by atoms with Crippen LogP contribution in [0.25, 0.3) is 0 Å². The van der Waals surface area contributed by atoms with Crippen molar-refractivity contribution in [2.75, 3.05) is 19.9 Å². The highest BCUT2D eigenvalue weighted by molar-refractivity contribution is 7.89. The summed E-state index contributed by atoms with van der Waals surface area (Å²) in [5, 5.41) is 3.06. The first-order valence-corrected chi connectivity index (χ1v) is 11.8. The van der Waals surface area contributed by atoms with Crippen molar-refractivity contribution in [3.05, 3.63) is 53.1 Å². The van der Waals surface area contributed by atoms with Gasteiger partial charge in [0.25, 0.3) is 5.91 Å². The van der Waals surface area contributed by atoms with Crippen molar-refractivity contribution in [2.45, 2.75) is 30.3 Å². The third-order valence-corrected chi connectivity index (χ3v) is 7.34. The molecule has 0 saturated carbocycles. The first-order valence-electron chi connectivity index (χ1n) is 9.94. The van der Waals surface area contributed by atoms with Gasteiger partial charge in [0.2, 0.25) is 16.8 Å². The summed E-state index contributed by atoms with van der Waals surface area (Å²) in [4.78, 5) is 24.7. The average Bonchev–Trinajstić information content (AvgIpc) is 3.46. The molecular formula is C21H21ClN2O7S. The van der Waals surface area contributed by atoms with Gasteiger partial charge < -0.3 is 19.5 Å². The number of esters is 1. The lowest BCUT2D eigenvalue weighted by molar-refractivity contribution is -0.151. The van der Waals surface area contributed by atoms with E-state index in [2.05, 4.69) is 5.32 Å². The molecule has 11 heteroatoms. The molecule has 0 radical (unpaired) electrons. The van der Waals surface area contributed by atoms with Crippen molar-refractivity contribution in [1.82, 2.24) is 9.62 Å². The lowest BCUT2D eigenvalue weighted by Gasteiger charge is -2.22. The molecule has 2 aromatic rings. The summed E-state index contributed by atoms with van der Waals surface area (Å²) < 4.78 is 42.6. The van der Waals surface area contributed by atoms with Gasteiger partial charge in [-0.1, -0.05) is 17.7 Å². The molecule has 1 amide bonds. The van der Waals surface area contributed by atoms with Crippen LogP contribution in [0.4, 0.5) is 0 Å². The van der Waals surface area contributed by atoms with Crippen molar-refractivity contribution < 1.29 is 32.2 Å². The van der Waals surface area contributed by atoms with Crippen molar-refractivity contribution in [1.29, 1.82) is 0 Å². The Morgan fingerprint density at radius 1 is 1.12 bits per heavy atom. The molecule has 2 aliphatic heterocycles. The zero-order chi connectivity index (χ0) is 22.7. The van der Waals surface area contributed by atoms with Gasteiger partial charge in [-0.05, 0) is 54.8 Å². The van der Waals surface area contributed by atoms with Crippen LogP contribution >= 0.6 is 11.6 Å². The first kappa shape index (κ1) is 22.4. The van der Waals surface area contributed by atoms with Crippen LogP contribution in [0.5, 0.6) is 11.5 Å². The number of carbonyl (C=O) groups excluding carboxylic acids is 2. The van der Waals surface area contributed by atoms with E-state index < -0.39 is 34.5 Å². The maximum atomic E-state index is 12.9. The number of hydrogen-bond acceptors (Lipinski definition) is 7. The number of nitrogens with one attached hydrogen (secondary N) is 1. The molecule has 170 valence electrons. The predicted molar refractivity (Wildman–Crippen MR) is 114 cm³/mol. The third-order valence-electron chi connectivity index (χ3n) is 5.17. The smallest absolute Gasteiger partial charge is 0.324 e. The van der Waals surface area contributed by atoms with E-state index >= 15 is 0 Å². The Hall–Kier alpha value is -2.82. The molecule has 1 atom stereocenters. The summed E-state index contributed by atoms with van der Waals surface area (Å²) in [6, 6.07) is 10.1. The van der Waals surface area contributed by atoms with Crippen LogP contribution in [0.1, 0.15) is 18.4 Å². The lowest BCUT2D eigenvalue weighted by atomic mass is 10.2. The number of sulfonamides is 1. The Balaban J connectivity index is 1.31. The molecule has 0 unspecified atom stereocenters. The molecule has 1 fully saturated rings. The van der Waals surface area contributed by atoms with E-state index in [-0.39, 0.29) is 24.8 Å². The van der Waals surface area contributed by atoms with Crippen LogP contribution in [0.3, 0.4) is 0 Å². The minimum absolute atomic E-state index is 0.0445. The molecular weight excluding hydrogens is 460 g/mol. The zero-order valence-corrected chi connectivity index (χ0v) is 18.5. The van der Waals surface area contributed by atoms with Crippen LogP contribution in [0, 0.1) is 0 Å². The van der Waals surface area contributed by atoms with Crippen molar-refractivity contribution in [3.8, 4) is 11.5 Å². The highest BCUT2D eigenvalue weighted by atomic mass is 35.5. The quantitative estimate of drug-likeness (QED) is 0.604. The topological polar surface area (TPSA) is 111 Å². The minimum atomic E-state index is -3.89. The molecule has 4 rings (SSSR count). The number of halogens is 1. The van der Waals surface area contributed by atoms with Gasteiger partial charge in [-0.25, -0.2) is 8.42 Å². The molecule has 2 aliphatic rings. The summed E-state index contributed by atoms with van der Waals surface area (Å²) in [7, 11) is -3.89. The second kappa shape index (κ2) is 9.35. The predicted octanol–water partition coefficient (Wildman–Crippen LogP) is 2.08. The molecule has 2 heterocycles. The highest BCUT2D eigenvalue weighted by Gasteiger charge is 2.40. The molecule has 1 saturated heterocycles. The van der Waals surface area contributed by atoms with Gasteiger partial charge in [0.15, 0.2) is 18.1 Å². The van der Waals surface area contributed by atoms with E-state index in [9.17, 15) is 18.0 Å². The number of fused-ring (bicyclic) bond motifs is 1. The van der Waals surface area contributed by atoms with E-state index in [0.717, 1.165) is 9.87 Å². The van der Waals surface area contributed by atoms with Gasteiger partial charge in [0, 0.05) is 18.1 Å². The molecule has 0 aromatic heterocycles. The van der Waals surface area contributed by atoms with Crippen molar-refractivity contribution in [3.63, 3.8) is 0 Å². The number of amides is 1. The van der Waals surface area contributed by atoms with Crippen LogP contribution in [-0.2, 0) is 30.9 Å². The number of nitrogens with zero attached hydrogens (tertiary/aromatic N) is 1. The van der Waals surface area contributed by atoms with E-state index in [1.165, 1.54) is 24.3 Å². The Bertz CT molecular complexity index is 1120. The van der Waals surface area contributed by atoms with E-state index in [1.807, 2.05) is 0 Å². The van der Waals surface area contributed by atoms with Gasteiger partial charge in [-0.15, -0.1) is 0 Å². The second-order valence-electron chi connectivity index (χ2n) is 7.30. The summed E-state index contributed by atoms with van der Waals surface area (Å²) in [6.07, 6.45) is 0.841. The maximum absolute atomic E-state index is 12.9. The fraction of sp³-hybridized carbons (Fsp3) is 0.333. The molecule has 0 spiro atoms. The van der Waals surface area contributed by atoms with Crippen LogP contribution in [0.2, 0.25) is 5.02 Å². The van der Waals surface area contributed by atoms with E-state index in [0.29, 0.717) is 29.4 Å². The summed E-state index contributed by atoms with van der Waals surface area (Å²) >= 11 is 5.83. The fourth-order valence-corrected chi connectivity index (χ4v) is 5.31. The Kier molecular flexibility index (Phi) is 6.54. The first-order chi connectivity index (χ1) is 15.3. The molecule has 2 aromatic carbocycles. The van der Waals surface area contributed by atoms with Gasteiger partial charge in [0.05, 0.1) is 4.90 Å². The Morgan fingerprint density at radius 3 is 2.66 bits per heavy atom. The van der Waals surface area contributed by atoms with Gasteiger partial charge in [0.1, 0.15) is 6.04 Å². The normalized spacial score (nSPS) is 17.8. The second-order valence-corrected chi connectivity index (χ2v) is 9.63. The monoisotopic (exact) mass is 480 g/mol.